The standard InChI is InChI=1S/C23H26FN5O2S/c1-29(2)13-12-25-21(30)19(14-16-6-4-3-5-7-16)27-22(31)20-15-32-23(28-20)26-18-10-8-17(24)9-11-18/h3-11,15,19H,12-14H2,1-2H3,(H,25,30)(H,26,28)(H,27,31). The number of amides is 2. The third-order valence-electron chi connectivity index (χ3n) is 4.60. The van der Waals surface area contributed by atoms with E-state index in [0.29, 0.717) is 30.3 Å². The Kier molecular flexibility index (Phi) is 8.29. The summed E-state index contributed by atoms with van der Waals surface area (Å²) in [5.74, 6) is -1.01. The zero-order valence-electron chi connectivity index (χ0n) is 18.0. The number of benzene rings is 2. The van der Waals surface area contributed by atoms with E-state index in [1.54, 1.807) is 17.5 Å². The molecule has 1 heterocycles. The molecule has 168 valence electrons. The van der Waals surface area contributed by atoms with Crippen LogP contribution in [-0.4, -0.2) is 54.9 Å². The van der Waals surface area contributed by atoms with Crippen molar-refractivity contribution in [3.63, 3.8) is 0 Å². The van der Waals surface area contributed by atoms with Crippen molar-refractivity contribution in [3.8, 4) is 0 Å². The molecule has 1 unspecified atom stereocenters. The number of aromatic nitrogens is 1. The van der Waals surface area contributed by atoms with E-state index in [-0.39, 0.29) is 17.4 Å². The highest BCUT2D eigenvalue weighted by Gasteiger charge is 2.23. The topological polar surface area (TPSA) is 86.4 Å². The number of nitrogens with one attached hydrogen (secondary N) is 3. The number of carbonyl (C=O) groups is 2. The summed E-state index contributed by atoms with van der Waals surface area (Å²) in [6.07, 6.45) is 0.366. The molecule has 3 aromatic rings. The van der Waals surface area contributed by atoms with Gasteiger partial charge in [-0.2, -0.15) is 0 Å². The SMILES string of the molecule is CN(C)CCNC(=O)C(Cc1ccccc1)NC(=O)c1csc(Nc2ccc(F)cc2)n1. The quantitative estimate of drug-likeness (QED) is 0.438. The van der Waals surface area contributed by atoms with Gasteiger partial charge in [-0.25, -0.2) is 9.37 Å². The maximum Gasteiger partial charge on any atom is 0.271 e. The number of nitrogens with zero attached hydrogens (tertiary/aromatic N) is 2. The molecule has 3 rings (SSSR count). The summed E-state index contributed by atoms with van der Waals surface area (Å²) in [7, 11) is 3.85. The zero-order chi connectivity index (χ0) is 22.9. The van der Waals surface area contributed by atoms with Gasteiger partial charge in [-0.3, -0.25) is 9.59 Å². The number of carbonyl (C=O) groups excluding carboxylic acids is 2. The van der Waals surface area contributed by atoms with E-state index in [1.807, 2.05) is 49.3 Å². The van der Waals surface area contributed by atoms with E-state index < -0.39 is 11.9 Å². The van der Waals surface area contributed by atoms with Crippen LogP contribution in [-0.2, 0) is 11.2 Å². The molecule has 3 N–H and O–H groups in total. The lowest BCUT2D eigenvalue weighted by molar-refractivity contribution is -0.123. The van der Waals surface area contributed by atoms with Crippen LogP contribution >= 0.6 is 11.3 Å². The van der Waals surface area contributed by atoms with Crippen molar-refractivity contribution in [3.05, 3.63) is 77.1 Å². The lowest BCUT2D eigenvalue weighted by Gasteiger charge is -2.19. The second-order valence-electron chi connectivity index (χ2n) is 7.48. The normalized spacial score (nSPS) is 11.8. The lowest BCUT2D eigenvalue weighted by Crippen LogP contribution is -2.49. The Morgan fingerprint density at radius 1 is 1.09 bits per heavy atom. The van der Waals surface area contributed by atoms with Gasteiger partial charge in [0.1, 0.15) is 17.6 Å². The Hall–Kier alpha value is -3.30. The summed E-state index contributed by atoms with van der Waals surface area (Å²) in [6.45, 7) is 1.18. The van der Waals surface area contributed by atoms with Gasteiger partial charge in [0.05, 0.1) is 0 Å². The fourth-order valence-corrected chi connectivity index (χ4v) is 3.62. The molecule has 1 aromatic heterocycles. The number of hydrogen-bond acceptors (Lipinski definition) is 6. The number of hydrogen-bond donors (Lipinski definition) is 3. The molecule has 0 aliphatic heterocycles. The van der Waals surface area contributed by atoms with Crippen molar-refractivity contribution in [2.45, 2.75) is 12.5 Å². The van der Waals surface area contributed by atoms with E-state index in [4.69, 9.17) is 0 Å². The fourth-order valence-electron chi connectivity index (χ4n) is 2.91. The van der Waals surface area contributed by atoms with Gasteiger partial charge in [-0.15, -0.1) is 11.3 Å². The first-order valence-electron chi connectivity index (χ1n) is 10.2. The van der Waals surface area contributed by atoms with Crippen LogP contribution in [0.25, 0.3) is 0 Å². The Balaban J connectivity index is 1.66. The summed E-state index contributed by atoms with van der Waals surface area (Å²) in [6, 6.07) is 14.6. The van der Waals surface area contributed by atoms with Gasteiger partial charge in [0.2, 0.25) is 5.91 Å². The molecule has 7 nitrogen and oxygen atoms in total. The first kappa shape index (κ1) is 23.4. The maximum atomic E-state index is 13.1. The van der Waals surface area contributed by atoms with Crippen LogP contribution in [0.3, 0.4) is 0 Å². The van der Waals surface area contributed by atoms with Crippen molar-refractivity contribution >= 4 is 34.0 Å². The highest BCUT2D eigenvalue weighted by molar-refractivity contribution is 7.14. The summed E-state index contributed by atoms with van der Waals surface area (Å²) >= 11 is 1.25. The molecule has 0 radical (unpaired) electrons. The minimum atomic E-state index is -0.734. The van der Waals surface area contributed by atoms with Crippen molar-refractivity contribution < 1.29 is 14.0 Å². The first-order chi connectivity index (χ1) is 15.4. The van der Waals surface area contributed by atoms with Crippen LogP contribution in [0.2, 0.25) is 0 Å². The number of thiazole rings is 1. The Morgan fingerprint density at radius 3 is 2.50 bits per heavy atom. The highest BCUT2D eigenvalue weighted by atomic mass is 32.1. The van der Waals surface area contributed by atoms with E-state index in [0.717, 1.165) is 5.56 Å². The van der Waals surface area contributed by atoms with Crippen molar-refractivity contribution in [2.75, 3.05) is 32.5 Å². The molecule has 0 saturated carbocycles. The predicted molar refractivity (Wildman–Crippen MR) is 125 cm³/mol. The fraction of sp³-hybridized carbons (Fsp3) is 0.261. The number of halogens is 1. The molecule has 0 aliphatic carbocycles. The highest BCUT2D eigenvalue weighted by Crippen LogP contribution is 2.21. The summed E-state index contributed by atoms with van der Waals surface area (Å²) in [4.78, 5) is 31.8. The summed E-state index contributed by atoms with van der Waals surface area (Å²) in [5.41, 5.74) is 1.81. The van der Waals surface area contributed by atoms with Crippen LogP contribution in [0.4, 0.5) is 15.2 Å². The van der Waals surface area contributed by atoms with Gasteiger partial charge >= 0.3 is 0 Å². The largest absolute Gasteiger partial charge is 0.353 e. The monoisotopic (exact) mass is 455 g/mol. The number of rotatable bonds is 10. The van der Waals surface area contributed by atoms with Gasteiger partial charge in [-0.05, 0) is 43.9 Å². The zero-order valence-corrected chi connectivity index (χ0v) is 18.8. The van der Waals surface area contributed by atoms with Crippen LogP contribution in [0.1, 0.15) is 16.1 Å². The van der Waals surface area contributed by atoms with E-state index in [1.165, 1.54) is 23.5 Å². The van der Waals surface area contributed by atoms with Gasteiger partial charge in [-0.1, -0.05) is 30.3 Å². The average molecular weight is 456 g/mol. The molecule has 0 saturated heterocycles. The van der Waals surface area contributed by atoms with E-state index in [9.17, 15) is 14.0 Å². The molecular weight excluding hydrogens is 429 g/mol. The smallest absolute Gasteiger partial charge is 0.271 e. The van der Waals surface area contributed by atoms with Crippen molar-refractivity contribution in [1.82, 2.24) is 20.5 Å². The van der Waals surface area contributed by atoms with Gasteiger partial charge in [0.25, 0.3) is 5.91 Å². The second kappa shape index (κ2) is 11.4. The Morgan fingerprint density at radius 2 is 1.81 bits per heavy atom. The molecular formula is C23H26FN5O2S. The Labute approximate surface area is 190 Å². The molecule has 2 aromatic carbocycles. The third kappa shape index (κ3) is 7.14. The molecule has 0 fully saturated rings. The lowest BCUT2D eigenvalue weighted by atomic mass is 10.1. The van der Waals surface area contributed by atoms with Gasteiger partial charge in [0.15, 0.2) is 5.13 Å². The van der Waals surface area contributed by atoms with Crippen molar-refractivity contribution in [1.29, 1.82) is 0 Å². The number of anilines is 2. The number of likely N-dealkylation sites (N-methyl/N-ethyl adjacent to an activating group) is 1. The maximum absolute atomic E-state index is 13.1. The third-order valence-corrected chi connectivity index (χ3v) is 5.35. The van der Waals surface area contributed by atoms with Crippen molar-refractivity contribution in [2.24, 2.45) is 0 Å². The molecule has 9 heteroatoms. The molecule has 0 aliphatic rings. The minimum absolute atomic E-state index is 0.207. The van der Waals surface area contributed by atoms with Gasteiger partial charge in [0, 0.05) is 30.6 Å². The summed E-state index contributed by atoms with van der Waals surface area (Å²) in [5, 5.41) is 10.8. The molecule has 1 atom stereocenters. The van der Waals surface area contributed by atoms with E-state index in [2.05, 4.69) is 20.9 Å². The van der Waals surface area contributed by atoms with Crippen LogP contribution in [0.15, 0.2) is 60.0 Å². The molecule has 0 bridgehead atoms. The first-order valence-corrected chi connectivity index (χ1v) is 11.0. The van der Waals surface area contributed by atoms with Crippen LogP contribution in [0.5, 0.6) is 0 Å². The average Bonchev–Trinajstić information content (AvgIpc) is 3.24. The van der Waals surface area contributed by atoms with E-state index >= 15 is 0 Å². The predicted octanol–water partition coefficient (Wildman–Crippen LogP) is 3.04. The second-order valence-corrected chi connectivity index (χ2v) is 8.34. The summed E-state index contributed by atoms with van der Waals surface area (Å²) < 4.78 is 13.1. The molecule has 0 spiro atoms. The van der Waals surface area contributed by atoms with Gasteiger partial charge < -0.3 is 20.9 Å². The van der Waals surface area contributed by atoms with Crippen LogP contribution in [0, 0.1) is 5.82 Å². The minimum Gasteiger partial charge on any atom is -0.353 e. The Bertz CT molecular complexity index is 1020. The van der Waals surface area contributed by atoms with Crippen LogP contribution < -0.4 is 16.0 Å². The molecule has 32 heavy (non-hydrogen) atoms. The molecule has 2 amide bonds.